The molecule has 0 saturated carbocycles. The Kier molecular flexibility index (Phi) is 5.45. The fourth-order valence-corrected chi connectivity index (χ4v) is 1.93. The fraction of sp³-hybridized carbons (Fsp3) is 0.125. The molecular weight excluding hydrogens is 316 g/mol. The second-order valence-corrected chi connectivity index (χ2v) is 4.82. The zero-order valence-electron chi connectivity index (χ0n) is 12.5. The van der Waals surface area contributed by atoms with Crippen LogP contribution in [0.1, 0.15) is 5.56 Å². The number of nitrogens with zero attached hydrogens (tertiary/aromatic N) is 1. The van der Waals surface area contributed by atoms with E-state index < -0.39 is 23.4 Å². The average molecular weight is 330 g/mol. The van der Waals surface area contributed by atoms with Crippen LogP contribution in [0.4, 0.5) is 11.4 Å². The molecule has 2 rings (SSSR count). The molecule has 2 N–H and O–H groups in total. The maximum atomic E-state index is 11.7. The molecule has 0 aliphatic rings. The standard InChI is InChI=1S/C16H14N2O6/c19-13-7-5-12(6-8-13)17-15(20)10-24-16(21)9-11-3-1-2-4-14(11)18(22)23/h1-8,19H,9-10H2,(H,17,20). The second-order valence-electron chi connectivity index (χ2n) is 4.82. The fourth-order valence-electron chi connectivity index (χ4n) is 1.93. The lowest BCUT2D eigenvalue weighted by Crippen LogP contribution is -2.21. The van der Waals surface area contributed by atoms with Gasteiger partial charge in [-0.25, -0.2) is 0 Å². The van der Waals surface area contributed by atoms with Crippen LogP contribution in [0.2, 0.25) is 0 Å². The number of amides is 1. The first-order valence-corrected chi connectivity index (χ1v) is 6.92. The number of para-hydroxylation sites is 1. The third-order valence-corrected chi connectivity index (χ3v) is 3.04. The number of carbonyl (C=O) groups is 2. The van der Waals surface area contributed by atoms with E-state index in [4.69, 9.17) is 9.84 Å². The first-order chi connectivity index (χ1) is 11.5. The smallest absolute Gasteiger partial charge is 0.311 e. The van der Waals surface area contributed by atoms with Gasteiger partial charge >= 0.3 is 5.97 Å². The molecule has 8 nitrogen and oxygen atoms in total. The molecule has 24 heavy (non-hydrogen) atoms. The highest BCUT2D eigenvalue weighted by atomic mass is 16.6. The van der Waals surface area contributed by atoms with E-state index in [2.05, 4.69) is 5.32 Å². The summed E-state index contributed by atoms with van der Waals surface area (Å²) in [6.07, 6.45) is -0.302. The number of nitro groups is 1. The van der Waals surface area contributed by atoms with Gasteiger partial charge in [0.25, 0.3) is 11.6 Å². The van der Waals surface area contributed by atoms with Crippen LogP contribution in [0, 0.1) is 10.1 Å². The Morgan fingerprint density at radius 3 is 2.46 bits per heavy atom. The summed E-state index contributed by atoms with van der Waals surface area (Å²) >= 11 is 0. The summed E-state index contributed by atoms with van der Waals surface area (Å²) in [5, 5.41) is 22.5. The van der Waals surface area contributed by atoms with E-state index in [1.807, 2.05) is 0 Å². The minimum absolute atomic E-state index is 0.0592. The van der Waals surface area contributed by atoms with Crippen LogP contribution in [0.25, 0.3) is 0 Å². The third-order valence-electron chi connectivity index (χ3n) is 3.04. The number of hydrogen-bond acceptors (Lipinski definition) is 6. The Morgan fingerprint density at radius 1 is 1.12 bits per heavy atom. The monoisotopic (exact) mass is 330 g/mol. The summed E-state index contributed by atoms with van der Waals surface area (Å²) < 4.78 is 4.82. The predicted octanol–water partition coefficient (Wildman–Crippen LogP) is 2.02. The highest BCUT2D eigenvalue weighted by Gasteiger charge is 2.17. The van der Waals surface area contributed by atoms with Crippen LogP contribution < -0.4 is 5.32 Å². The van der Waals surface area contributed by atoms with E-state index >= 15 is 0 Å². The average Bonchev–Trinajstić information content (AvgIpc) is 2.55. The van der Waals surface area contributed by atoms with Gasteiger partial charge in [-0.05, 0) is 24.3 Å². The molecule has 0 aliphatic carbocycles. The quantitative estimate of drug-likeness (QED) is 0.362. The zero-order chi connectivity index (χ0) is 17.5. The number of nitrogens with one attached hydrogen (secondary N) is 1. The molecule has 2 aromatic carbocycles. The lowest BCUT2D eigenvalue weighted by atomic mass is 10.1. The first kappa shape index (κ1) is 16.9. The van der Waals surface area contributed by atoms with Crippen molar-refractivity contribution in [2.45, 2.75) is 6.42 Å². The Morgan fingerprint density at radius 2 is 1.79 bits per heavy atom. The minimum atomic E-state index is -0.745. The van der Waals surface area contributed by atoms with E-state index in [0.29, 0.717) is 5.69 Å². The van der Waals surface area contributed by atoms with Crippen molar-refractivity contribution in [2.75, 3.05) is 11.9 Å². The Hall–Kier alpha value is -3.42. The number of phenols is 1. The van der Waals surface area contributed by atoms with Gasteiger partial charge < -0.3 is 15.2 Å². The van der Waals surface area contributed by atoms with Crippen molar-refractivity contribution in [3.63, 3.8) is 0 Å². The molecule has 2 aromatic rings. The molecule has 0 radical (unpaired) electrons. The maximum Gasteiger partial charge on any atom is 0.311 e. The number of esters is 1. The van der Waals surface area contributed by atoms with E-state index in [1.165, 1.54) is 42.5 Å². The van der Waals surface area contributed by atoms with Gasteiger partial charge in [0.2, 0.25) is 0 Å². The lowest BCUT2D eigenvalue weighted by molar-refractivity contribution is -0.385. The molecule has 0 unspecified atom stereocenters. The zero-order valence-corrected chi connectivity index (χ0v) is 12.5. The van der Waals surface area contributed by atoms with Crippen molar-refractivity contribution in [3.8, 4) is 5.75 Å². The molecule has 0 bridgehead atoms. The molecule has 0 aliphatic heterocycles. The van der Waals surface area contributed by atoms with Crippen LogP contribution in [0.5, 0.6) is 5.75 Å². The number of anilines is 1. The molecule has 0 saturated heterocycles. The summed E-state index contributed by atoms with van der Waals surface area (Å²) in [5.41, 5.74) is 0.474. The Labute approximate surface area is 136 Å². The van der Waals surface area contributed by atoms with E-state index in [-0.39, 0.29) is 23.4 Å². The van der Waals surface area contributed by atoms with Crippen LogP contribution in [0.3, 0.4) is 0 Å². The van der Waals surface area contributed by atoms with Crippen molar-refractivity contribution in [1.29, 1.82) is 0 Å². The van der Waals surface area contributed by atoms with Crippen molar-refractivity contribution >= 4 is 23.3 Å². The number of phenolic OH excluding ortho intramolecular Hbond substituents is 1. The topological polar surface area (TPSA) is 119 Å². The number of hydrogen-bond donors (Lipinski definition) is 2. The molecule has 0 spiro atoms. The molecule has 0 aromatic heterocycles. The van der Waals surface area contributed by atoms with Crippen molar-refractivity contribution in [3.05, 3.63) is 64.2 Å². The van der Waals surface area contributed by atoms with Gasteiger partial charge in [0, 0.05) is 17.3 Å². The van der Waals surface area contributed by atoms with Crippen LogP contribution in [0.15, 0.2) is 48.5 Å². The molecule has 0 heterocycles. The summed E-state index contributed by atoms with van der Waals surface area (Å²) in [6.45, 7) is -0.514. The first-order valence-electron chi connectivity index (χ1n) is 6.92. The van der Waals surface area contributed by atoms with Crippen molar-refractivity contribution < 1.29 is 24.4 Å². The van der Waals surface area contributed by atoms with Gasteiger partial charge in [0.15, 0.2) is 6.61 Å². The number of carbonyl (C=O) groups excluding carboxylic acids is 2. The number of aromatic hydroxyl groups is 1. The summed E-state index contributed by atoms with van der Waals surface area (Å²) in [4.78, 5) is 33.7. The Bertz CT molecular complexity index is 757. The van der Waals surface area contributed by atoms with Crippen LogP contribution in [-0.4, -0.2) is 28.5 Å². The van der Waals surface area contributed by atoms with Gasteiger partial charge in [0.1, 0.15) is 5.75 Å². The normalized spacial score (nSPS) is 10.0. The number of ether oxygens (including phenoxy) is 1. The second kappa shape index (κ2) is 7.73. The van der Waals surface area contributed by atoms with Gasteiger partial charge in [-0.1, -0.05) is 18.2 Å². The number of benzene rings is 2. The molecule has 0 atom stereocenters. The SMILES string of the molecule is O=C(COC(=O)Cc1ccccc1[N+](=O)[O-])Nc1ccc(O)cc1. The van der Waals surface area contributed by atoms with Gasteiger partial charge in [-0.2, -0.15) is 0 Å². The lowest BCUT2D eigenvalue weighted by Gasteiger charge is -2.07. The minimum Gasteiger partial charge on any atom is -0.508 e. The summed E-state index contributed by atoms with van der Waals surface area (Å²) in [6, 6.07) is 11.6. The molecule has 124 valence electrons. The molecule has 8 heteroatoms. The van der Waals surface area contributed by atoms with Crippen molar-refractivity contribution in [2.24, 2.45) is 0 Å². The van der Waals surface area contributed by atoms with E-state index in [1.54, 1.807) is 6.07 Å². The summed E-state index contributed by atoms with van der Waals surface area (Å²) in [5.74, 6) is -1.24. The number of rotatable bonds is 6. The largest absolute Gasteiger partial charge is 0.508 e. The highest BCUT2D eigenvalue weighted by Crippen LogP contribution is 2.18. The number of nitro benzene ring substituents is 1. The molecule has 1 amide bonds. The van der Waals surface area contributed by atoms with Crippen LogP contribution in [-0.2, 0) is 20.7 Å². The maximum absolute atomic E-state index is 11.7. The predicted molar refractivity (Wildman–Crippen MR) is 84.5 cm³/mol. The third kappa shape index (κ3) is 4.80. The van der Waals surface area contributed by atoms with E-state index in [0.717, 1.165) is 0 Å². The molecular formula is C16H14N2O6. The van der Waals surface area contributed by atoms with Crippen molar-refractivity contribution in [1.82, 2.24) is 0 Å². The van der Waals surface area contributed by atoms with Gasteiger partial charge in [0.05, 0.1) is 11.3 Å². The summed E-state index contributed by atoms with van der Waals surface area (Å²) in [7, 11) is 0. The van der Waals surface area contributed by atoms with Gasteiger partial charge in [-0.3, -0.25) is 19.7 Å². The van der Waals surface area contributed by atoms with Crippen LogP contribution >= 0.6 is 0 Å². The van der Waals surface area contributed by atoms with Gasteiger partial charge in [-0.15, -0.1) is 0 Å². The highest BCUT2D eigenvalue weighted by molar-refractivity contribution is 5.93. The molecule has 0 fully saturated rings. The Balaban J connectivity index is 1.86. The van der Waals surface area contributed by atoms with E-state index in [9.17, 15) is 19.7 Å².